The van der Waals surface area contributed by atoms with E-state index in [9.17, 15) is 9.18 Å². The third-order valence-electron chi connectivity index (χ3n) is 5.12. The van der Waals surface area contributed by atoms with E-state index in [0.29, 0.717) is 31.0 Å². The Morgan fingerprint density at radius 1 is 1.04 bits per heavy atom. The second-order valence-corrected chi connectivity index (χ2v) is 7.03. The van der Waals surface area contributed by atoms with E-state index < -0.39 is 0 Å². The monoisotopic (exact) mass is 354 g/mol. The molecule has 1 heterocycles. The van der Waals surface area contributed by atoms with Gasteiger partial charge < -0.3 is 10.2 Å². The first-order valence-corrected chi connectivity index (χ1v) is 9.48. The molecular weight excluding hydrogens is 327 g/mol. The standard InChI is InChI=1S/C22H27FN2O/c23-21-9-5-4-8-20(21)17-24-13-10-22(26)25-14-11-19(12-15-25)16-18-6-2-1-3-7-18/h1-9,19,24H,10-17H2. The van der Waals surface area contributed by atoms with Gasteiger partial charge in [-0.25, -0.2) is 4.39 Å². The van der Waals surface area contributed by atoms with Crippen molar-refractivity contribution in [2.24, 2.45) is 5.92 Å². The summed E-state index contributed by atoms with van der Waals surface area (Å²) in [6, 6.07) is 17.3. The zero-order valence-electron chi connectivity index (χ0n) is 15.2. The number of nitrogens with zero attached hydrogens (tertiary/aromatic N) is 1. The summed E-state index contributed by atoms with van der Waals surface area (Å²) in [7, 11) is 0. The molecule has 0 aromatic heterocycles. The SMILES string of the molecule is O=C(CCNCc1ccccc1F)N1CCC(Cc2ccccc2)CC1. The van der Waals surface area contributed by atoms with Gasteiger partial charge in [0.2, 0.25) is 5.91 Å². The molecular formula is C22H27FN2O. The van der Waals surface area contributed by atoms with E-state index in [1.165, 1.54) is 11.6 Å². The van der Waals surface area contributed by atoms with Crippen LogP contribution >= 0.6 is 0 Å². The zero-order chi connectivity index (χ0) is 18.2. The molecule has 3 rings (SSSR count). The van der Waals surface area contributed by atoms with E-state index in [2.05, 4.69) is 29.6 Å². The summed E-state index contributed by atoms with van der Waals surface area (Å²) in [6.45, 7) is 2.74. The first-order chi connectivity index (χ1) is 12.7. The normalized spacial score (nSPS) is 15.2. The van der Waals surface area contributed by atoms with Crippen LogP contribution in [0.1, 0.15) is 30.4 Å². The number of halogens is 1. The maximum Gasteiger partial charge on any atom is 0.223 e. The second kappa shape index (κ2) is 9.48. The average molecular weight is 354 g/mol. The summed E-state index contributed by atoms with van der Waals surface area (Å²) >= 11 is 0. The molecule has 0 radical (unpaired) electrons. The Hall–Kier alpha value is -2.20. The molecule has 26 heavy (non-hydrogen) atoms. The molecule has 2 aromatic rings. The van der Waals surface area contributed by atoms with Crippen molar-refractivity contribution in [2.75, 3.05) is 19.6 Å². The molecule has 1 fully saturated rings. The van der Waals surface area contributed by atoms with E-state index in [1.807, 2.05) is 17.0 Å². The minimum Gasteiger partial charge on any atom is -0.343 e. The Morgan fingerprint density at radius 3 is 2.46 bits per heavy atom. The molecule has 3 nitrogen and oxygen atoms in total. The number of amides is 1. The summed E-state index contributed by atoms with van der Waals surface area (Å²) < 4.78 is 13.5. The van der Waals surface area contributed by atoms with Gasteiger partial charge in [0, 0.05) is 38.2 Å². The topological polar surface area (TPSA) is 32.3 Å². The molecule has 1 saturated heterocycles. The number of rotatable bonds is 7. The van der Waals surface area contributed by atoms with Crippen molar-refractivity contribution < 1.29 is 9.18 Å². The van der Waals surface area contributed by atoms with Crippen molar-refractivity contribution in [1.29, 1.82) is 0 Å². The number of hydrogen-bond acceptors (Lipinski definition) is 2. The molecule has 1 aliphatic heterocycles. The van der Waals surface area contributed by atoms with Gasteiger partial charge in [-0.05, 0) is 36.8 Å². The third kappa shape index (κ3) is 5.40. The first kappa shape index (κ1) is 18.6. The van der Waals surface area contributed by atoms with Crippen LogP contribution in [0.25, 0.3) is 0 Å². The van der Waals surface area contributed by atoms with Gasteiger partial charge >= 0.3 is 0 Å². The highest BCUT2D eigenvalue weighted by Gasteiger charge is 2.22. The number of piperidine rings is 1. The fourth-order valence-electron chi connectivity index (χ4n) is 3.55. The first-order valence-electron chi connectivity index (χ1n) is 9.48. The minimum atomic E-state index is -0.202. The molecule has 0 atom stereocenters. The van der Waals surface area contributed by atoms with Crippen LogP contribution in [0, 0.1) is 11.7 Å². The van der Waals surface area contributed by atoms with E-state index in [4.69, 9.17) is 0 Å². The molecule has 0 spiro atoms. The van der Waals surface area contributed by atoms with Crippen molar-refractivity contribution in [3.8, 4) is 0 Å². The van der Waals surface area contributed by atoms with Crippen LogP contribution in [0.4, 0.5) is 4.39 Å². The Morgan fingerprint density at radius 2 is 1.73 bits per heavy atom. The van der Waals surface area contributed by atoms with Crippen molar-refractivity contribution in [1.82, 2.24) is 10.2 Å². The number of carbonyl (C=O) groups excluding carboxylic acids is 1. The van der Waals surface area contributed by atoms with E-state index >= 15 is 0 Å². The summed E-state index contributed by atoms with van der Waals surface area (Å²) in [5.74, 6) is 0.664. The Bertz CT molecular complexity index is 696. The summed E-state index contributed by atoms with van der Waals surface area (Å²) in [5, 5.41) is 3.17. The van der Waals surface area contributed by atoms with Crippen LogP contribution in [0.2, 0.25) is 0 Å². The van der Waals surface area contributed by atoms with Gasteiger partial charge in [-0.15, -0.1) is 0 Å². The second-order valence-electron chi connectivity index (χ2n) is 7.03. The van der Waals surface area contributed by atoms with Gasteiger partial charge in [0.1, 0.15) is 5.82 Å². The predicted molar refractivity (Wildman–Crippen MR) is 102 cm³/mol. The highest BCUT2D eigenvalue weighted by Crippen LogP contribution is 2.22. The average Bonchev–Trinajstić information content (AvgIpc) is 2.68. The van der Waals surface area contributed by atoms with Gasteiger partial charge in [0.15, 0.2) is 0 Å². The lowest BCUT2D eigenvalue weighted by atomic mass is 9.90. The van der Waals surface area contributed by atoms with Gasteiger partial charge in [-0.2, -0.15) is 0 Å². The number of carbonyl (C=O) groups is 1. The third-order valence-corrected chi connectivity index (χ3v) is 5.12. The lowest BCUT2D eigenvalue weighted by molar-refractivity contribution is -0.132. The van der Waals surface area contributed by atoms with Crippen molar-refractivity contribution in [3.63, 3.8) is 0 Å². The van der Waals surface area contributed by atoms with Crippen LogP contribution in [0.15, 0.2) is 54.6 Å². The van der Waals surface area contributed by atoms with Gasteiger partial charge in [-0.1, -0.05) is 48.5 Å². The lowest BCUT2D eigenvalue weighted by Crippen LogP contribution is -2.40. The predicted octanol–water partition coefficient (Wildman–Crippen LogP) is 3.79. The Balaban J connectivity index is 1.34. The maximum atomic E-state index is 13.5. The van der Waals surface area contributed by atoms with Crippen molar-refractivity contribution >= 4 is 5.91 Å². The summed E-state index contributed by atoms with van der Waals surface area (Å²) in [5.41, 5.74) is 2.02. The highest BCUT2D eigenvalue weighted by atomic mass is 19.1. The van der Waals surface area contributed by atoms with E-state index in [-0.39, 0.29) is 11.7 Å². The van der Waals surface area contributed by atoms with Gasteiger partial charge in [0.25, 0.3) is 0 Å². The highest BCUT2D eigenvalue weighted by molar-refractivity contribution is 5.76. The molecule has 1 amide bonds. The number of likely N-dealkylation sites (tertiary alicyclic amines) is 1. The summed E-state index contributed by atoms with van der Waals surface area (Å²) in [6.07, 6.45) is 3.72. The Kier molecular flexibility index (Phi) is 6.78. The van der Waals surface area contributed by atoms with Gasteiger partial charge in [0.05, 0.1) is 0 Å². The zero-order valence-corrected chi connectivity index (χ0v) is 15.2. The molecule has 0 aliphatic carbocycles. The molecule has 1 aliphatic rings. The van der Waals surface area contributed by atoms with Crippen molar-refractivity contribution in [3.05, 3.63) is 71.5 Å². The molecule has 0 saturated carbocycles. The maximum absolute atomic E-state index is 13.5. The van der Waals surface area contributed by atoms with E-state index in [1.54, 1.807) is 12.1 Å². The summed E-state index contributed by atoms with van der Waals surface area (Å²) in [4.78, 5) is 14.3. The van der Waals surface area contributed by atoms with Crippen molar-refractivity contribution in [2.45, 2.75) is 32.2 Å². The van der Waals surface area contributed by atoms with E-state index in [0.717, 1.165) is 32.4 Å². The molecule has 2 aromatic carbocycles. The minimum absolute atomic E-state index is 0.198. The van der Waals surface area contributed by atoms with Gasteiger partial charge in [-0.3, -0.25) is 4.79 Å². The molecule has 4 heteroatoms. The largest absolute Gasteiger partial charge is 0.343 e. The lowest BCUT2D eigenvalue weighted by Gasteiger charge is -2.32. The van der Waals surface area contributed by atoms with Crippen LogP contribution in [0.5, 0.6) is 0 Å². The fourth-order valence-corrected chi connectivity index (χ4v) is 3.55. The van der Waals surface area contributed by atoms with Crippen LogP contribution in [0.3, 0.4) is 0 Å². The molecule has 0 unspecified atom stereocenters. The fraction of sp³-hybridized carbons (Fsp3) is 0.409. The molecule has 0 bridgehead atoms. The van der Waals surface area contributed by atoms with Crippen LogP contribution < -0.4 is 5.32 Å². The smallest absolute Gasteiger partial charge is 0.223 e. The van der Waals surface area contributed by atoms with Crippen LogP contribution in [-0.2, 0) is 17.8 Å². The number of benzene rings is 2. The Labute approximate surface area is 155 Å². The number of nitrogens with one attached hydrogen (secondary N) is 1. The quantitative estimate of drug-likeness (QED) is 0.768. The molecule has 1 N–H and O–H groups in total. The molecule has 138 valence electrons. The van der Waals surface area contributed by atoms with Crippen LogP contribution in [-0.4, -0.2) is 30.4 Å². The number of hydrogen-bond donors (Lipinski definition) is 1.